The minimum absolute atomic E-state index is 0.0755. The molecule has 0 aliphatic rings. The maximum Gasteiger partial charge on any atom is 0.266 e. The molecule has 1 N–H and O–H groups in total. The van der Waals surface area contributed by atoms with Gasteiger partial charge in [0.25, 0.3) is 5.91 Å². The second-order valence-electron chi connectivity index (χ2n) is 6.92. The summed E-state index contributed by atoms with van der Waals surface area (Å²) in [6, 6.07) is 19.7. The molecule has 2 aromatic carbocycles. The zero-order valence-corrected chi connectivity index (χ0v) is 16.6. The number of rotatable bonds is 4. The molecule has 0 atom stereocenters. The van der Waals surface area contributed by atoms with E-state index < -0.39 is 5.91 Å². The third-order valence-corrected chi connectivity index (χ3v) is 4.91. The summed E-state index contributed by atoms with van der Waals surface area (Å²) in [5.41, 5.74) is 6.94. The number of aromatic nitrogens is 1. The third kappa shape index (κ3) is 3.89. The Morgan fingerprint density at radius 3 is 2.36 bits per heavy atom. The van der Waals surface area contributed by atoms with E-state index >= 15 is 0 Å². The molecule has 0 spiro atoms. The monoisotopic (exact) mass is 369 g/mol. The number of para-hydroxylation sites is 1. The Bertz CT molecular complexity index is 1100. The molecule has 0 saturated heterocycles. The molecule has 0 bridgehead atoms. The fraction of sp³-hybridized carbons (Fsp3) is 0.167. The number of amides is 1. The first-order chi connectivity index (χ1) is 13.4. The van der Waals surface area contributed by atoms with Gasteiger partial charge in [-0.25, -0.2) is 0 Å². The topological polar surface area (TPSA) is 57.8 Å². The predicted molar refractivity (Wildman–Crippen MR) is 113 cm³/mol. The fourth-order valence-electron chi connectivity index (χ4n) is 3.23. The molecule has 3 aromatic rings. The quantitative estimate of drug-likeness (QED) is 0.504. The first-order valence-corrected chi connectivity index (χ1v) is 9.15. The van der Waals surface area contributed by atoms with Crippen molar-refractivity contribution >= 4 is 17.7 Å². The Morgan fingerprint density at radius 1 is 1.00 bits per heavy atom. The normalized spacial score (nSPS) is 11.2. The van der Waals surface area contributed by atoms with E-state index in [4.69, 9.17) is 0 Å². The van der Waals surface area contributed by atoms with Gasteiger partial charge < -0.3 is 9.88 Å². The Morgan fingerprint density at radius 2 is 1.71 bits per heavy atom. The van der Waals surface area contributed by atoms with Crippen molar-refractivity contribution in [1.82, 2.24) is 4.57 Å². The molecule has 0 fully saturated rings. The van der Waals surface area contributed by atoms with Crippen molar-refractivity contribution in [2.45, 2.75) is 27.7 Å². The SMILES string of the molecule is Cc1ccc(NC(=O)/C(C#N)=C/c2cc(C)n(-c3ccccc3)c2C)cc1C. The highest BCUT2D eigenvalue weighted by atomic mass is 16.1. The van der Waals surface area contributed by atoms with Crippen LogP contribution in [0.5, 0.6) is 0 Å². The number of nitrogens with one attached hydrogen (secondary N) is 1. The highest BCUT2D eigenvalue weighted by Gasteiger charge is 2.14. The number of carbonyl (C=O) groups is 1. The number of anilines is 1. The highest BCUT2D eigenvalue weighted by Crippen LogP contribution is 2.23. The van der Waals surface area contributed by atoms with Crippen molar-refractivity contribution < 1.29 is 4.79 Å². The maximum atomic E-state index is 12.6. The number of benzene rings is 2. The van der Waals surface area contributed by atoms with Crippen LogP contribution >= 0.6 is 0 Å². The van der Waals surface area contributed by atoms with Crippen LogP contribution in [0.1, 0.15) is 28.1 Å². The van der Waals surface area contributed by atoms with E-state index in [0.29, 0.717) is 5.69 Å². The van der Waals surface area contributed by atoms with Crippen LogP contribution in [-0.2, 0) is 4.79 Å². The number of nitrogens with zero attached hydrogens (tertiary/aromatic N) is 2. The summed E-state index contributed by atoms with van der Waals surface area (Å²) in [6.45, 7) is 8.01. The zero-order valence-electron chi connectivity index (χ0n) is 16.6. The van der Waals surface area contributed by atoms with E-state index in [1.54, 1.807) is 6.08 Å². The van der Waals surface area contributed by atoms with Gasteiger partial charge in [-0.3, -0.25) is 4.79 Å². The molecule has 4 nitrogen and oxygen atoms in total. The van der Waals surface area contributed by atoms with E-state index in [1.165, 1.54) is 0 Å². The van der Waals surface area contributed by atoms with Crippen LogP contribution in [0.25, 0.3) is 11.8 Å². The minimum Gasteiger partial charge on any atom is -0.321 e. The van der Waals surface area contributed by atoms with Crippen molar-refractivity contribution in [2.24, 2.45) is 0 Å². The van der Waals surface area contributed by atoms with Crippen LogP contribution in [0, 0.1) is 39.0 Å². The molecule has 0 unspecified atom stereocenters. The van der Waals surface area contributed by atoms with Crippen molar-refractivity contribution in [1.29, 1.82) is 5.26 Å². The molecule has 0 aliphatic heterocycles. The van der Waals surface area contributed by atoms with Crippen LogP contribution in [0.15, 0.2) is 60.2 Å². The molecule has 0 saturated carbocycles. The lowest BCUT2D eigenvalue weighted by atomic mass is 10.1. The molecule has 140 valence electrons. The van der Waals surface area contributed by atoms with E-state index in [1.807, 2.05) is 88.4 Å². The lowest BCUT2D eigenvalue weighted by Crippen LogP contribution is -2.13. The van der Waals surface area contributed by atoms with Crippen LogP contribution < -0.4 is 5.32 Å². The van der Waals surface area contributed by atoms with E-state index in [0.717, 1.165) is 33.8 Å². The van der Waals surface area contributed by atoms with Gasteiger partial charge in [-0.05, 0) is 80.8 Å². The molecule has 1 aromatic heterocycles. The standard InChI is InChI=1S/C24H23N3O/c1-16-10-11-22(12-17(16)2)26-24(28)21(15-25)14-20-13-18(3)27(19(20)4)23-8-6-5-7-9-23/h5-14H,1-4H3,(H,26,28)/b21-14+. The van der Waals surface area contributed by atoms with Gasteiger partial charge in [0.2, 0.25) is 0 Å². The summed E-state index contributed by atoms with van der Waals surface area (Å²) in [5.74, 6) is -0.407. The van der Waals surface area contributed by atoms with Gasteiger partial charge in [0.1, 0.15) is 11.6 Å². The summed E-state index contributed by atoms with van der Waals surface area (Å²) < 4.78 is 2.11. The maximum absolute atomic E-state index is 12.6. The number of hydrogen-bond donors (Lipinski definition) is 1. The predicted octanol–water partition coefficient (Wildman–Crippen LogP) is 5.26. The van der Waals surface area contributed by atoms with E-state index in [2.05, 4.69) is 9.88 Å². The summed E-state index contributed by atoms with van der Waals surface area (Å²) in [6.07, 6.45) is 1.65. The van der Waals surface area contributed by atoms with E-state index in [-0.39, 0.29) is 5.57 Å². The Labute approximate surface area is 165 Å². The van der Waals surface area contributed by atoms with Crippen LogP contribution in [0.4, 0.5) is 5.69 Å². The summed E-state index contributed by atoms with van der Waals surface area (Å²) in [4.78, 5) is 12.6. The Hall–Kier alpha value is -3.58. The molecule has 1 amide bonds. The molecule has 1 heterocycles. The van der Waals surface area contributed by atoms with Gasteiger partial charge in [-0.1, -0.05) is 24.3 Å². The van der Waals surface area contributed by atoms with Crippen molar-refractivity contribution in [2.75, 3.05) is 5.32 Å². The van der Waals surface area contributed by atoms with Gasteiger partial charge in [0, 0.05) is 22.8 Å². The second kappa shape index (κ2) is 7.98. The average Bonchev–Trinajstić information content (AvgIpc) is 2.96. The average molecular weight is 369 g/mol. The van der Waals surface area contributed by atoms with Gasteiger partial charge >= 0.3 is 0 Å². The zero-order chi connectivity index (χ0) is 20.3. The number of nitriles is 1. The van der Waals surface area contributed by atoms with Gasteiger partial charge in [0.05, 0.1) is 0 Å². The second-order valence-corrected chi connectivity index (χ2v) is 6.92. The minimum atomic E-state index is -0.407. The Balaban J connectivity index is 1.91. The highest BCUT2D eigenvalue weighted by molar-refractivity contribution is 6.09. The van der Waals surface area contributed by atoms with Crippen LogP contribution in [0.2, 0.25) is 0 Å². The smallest absolute Gasteiger partial charge is 0.266 e. The third-order valence-electron chi connectivity index (χ3n) is 4.91. The van der Waals surface area contributed by atoms with E-state index in [9.17, 15) is 10.1 Å². The number of hydrogen-bond acceptors (Lipinski definition) is 2. The molecule has 0 radical (unpaired) electrons. The molecule has 0 aliphatic carbocycles. The van der Waals surface area contributed by atoms with Crippen molar-refractivity contribution in [3.63, 3.8) is 0 Å². The molecular weight excluding hydrogens is 346 g/mol. The first-order valence-electron chi connectivity index (χ1n) is 9.15. The number of aryl methyl sites for hydroxylation is 3. The molecule has 4 heteroatoms. The van der Waals surface area contributed by atoms with Crippen LogP contribution in [-0.4, -0.2) is 10.5 Å². The van der Waals surface area contributed by atoms with Gasteiger partial charge in [-0.2, -0.15) is 5.26 Å². The molecule has 28 heavy (non-hydrogen) atoms. The summed E-state index contributed by atoms with van der Waals surface area (Å²) in [5, 5.41) is 12.3. The van der Waals surface area contributed by atoms with Gasteiger partial charge in [-0.15, -0.1) is 0 Å². The van der Waals surface area contributed by atoms with Crippen LogP contribution in [0.3, 0.4) is 0 Å². The van der Waals surface area contributed by atoms with Crippen molar-refractivity contribution in [3.8, 4) is 11.8 Å². The Kier molecular flexibility index (Phi) is 5.47. The number of carbonyl (C=O) groups excluding carboxylic acids is 1. The fourth-order valence-corrected chi connectivity index (χ4v) is 3.23. The summed E-state index contributed by atoms with van der Waals surface area (Å²) >= 11 is 0. The molecular formula is C24H23N3O. The van der Waals surface area contributed by atoms with Gasteiger partial charge in [0.15, 0.2) is 0 Å². The molecule has 3 rings (SSSR count). The largest absolute Gasteiger partial charge is 0.321 e. The first kappa shape index (κ1) is 19.2. The lowest BCUT2D eigenvalue weighted by molar-refractivity contribution is -0.112. The lowest BCUT2D eigenvalue weighted by Gasteiger charge is -2.09. The van der Waals surface area contributed by atoms with Crippen molar-refractivity contribution in [3.05, 3.63) is 88.2 Å². The summed E-state index contributed by atoms with van der Waals surface area (Å²) in [7, 11) is 0.